The third kappa shape index (κ3) is 4.08. The molecule has 3 aromatic heterocycles. The molecule has 4 aromatic rings. The summed E-state index contributed by atoms with van der Waals surface area (Å²) in [5.41, 5.74) is 2.49. The van der Waals surface area contributed by atoms with Crippen LogP contribution in [0, 0.1) is 5.92 Å². The number of hydrogen-bond donors (Lipinski definition) is 0. The highest BCUT2D eigenvalue weighted by Gasteiger charge is 2.25. The number of rotatable bonds is 7. The molecule has 33 heavy (non-hydrogen) atoms. The number of nitrogens with zero attached hydrogens (tertiary/aromatic N) is 6. The van der Waals surface area contributed by atoms with Gasteiger partial charge in [-0.15, -0.1) is 0 Å². The Morgan fingerprint density at radius 3 is 2.45 bits per heavy atom. The van der Waals surface area contributed by atoms with E-state index in [0.29, 0.717) is 35.6 Å². The van der Waals surface area contributed by atoms with Crippen LogP contribution in [-0.2, 0) is 27.2 Å². The summed E-state index contributed by atoms with van der Waals surface area (Å²) in [6.07, 6.45) is 6.58. The van der Waals surface area contributed by atoms with E-state index in [1.807, 2.05) is 54.5 Å². The minimum Gasteiger partial charge on any atom is -0.333 e. The number of fused-ring (bicyclic) bond motifs is 1. The monoisotopic (exact) mass is 446 g/mol. The molecule has 0 saturated carbocycles. The Morgan fingerprint density at radius 2 is 1.85 bits per heavy atom. The van der Waals surface area contributed by atoms with E-state index in [1.165, 1.54) is 11.6 Å². The van der Waals surface area contributed by atoms with Crippen LogP contribution in [0.1, 0.15) is 32.8 Å². The first-order chi connectivity index (χ1) is 15.8. The lowest BCUT2D eigenvalue weighted by atomic mass is 10.0. The van der Waals surface area contributed by atoms with Crippen LogP contribution in [-0.4, -0.2) is 28.5 Å². The summed E-state index contributed by atoms with van der Waals surface area (Å²) in [7, 11) is 3.41. The second kappa shape index (κ2) is 9.05. The van der Waals surface area contributed by atoms with Gasteiger partial charge in [0.2, 0.25) is 0 Å². The zero-order valence-electron chi connectivity index (χ0n) is 19.8. The van der Waals surface area contributed by atoms with E-state index in [-0.39, 0.29) is 17.2 Å². The molecule has 0 aliphatic heterocycles. The fourth-order valence-electron chi connectivity index (χ4n) is 4.16. The fourth-order valence-corrected chi connectivity index (χ4v) is 4.16. The average molecular weight is 447 g/mol. The van der Waals surface area contributed by atoms with Gasteiger partial charge in [0.1, 0.15) is 11.1 Å². The Balaban J connectivity index is 2.05. The molecule has 4 rings (SSSR count). The predicted octanol–water partition coefficient (Wildman–Crippen LogP) is 3.45. The van der Waals surface area contributed by atoms with Crippen molar-refractivity contribution < 1.29 is 0 Å². The zero-order chi connectivity index (χ0) is 23.7. The van der Waals surface area contributed by atoms with Gasteiger partial charge in [-0.1, -0.05) is 57.2 Å². The van der Waals surface area contributed by atoms with E-state index in [4.69, 9.17) is 5.10 Å². The standard InChI is InChI=1S/C25H30N6O2/c1-6-10-19(18-11-8-7-9-12-18)16-31-21(23-26-13-14-28(23)4)20-22(27-31)30(15-17(2)3)25(33)29(5)24(20)32/h7-14,17H,6,15-16H2,1-5H3. The van der Waals surface area contributed by atoms with Gasteiger partial charge in [0, 0.05) is 33.0 Å². The van der Waals surface area contributed by atoms with Crippen LogP contribution in [0.15, 0.2) is 58.4 Å². The molecule has 0 spiro atoms. The van der Waals surface area contributed by atoms with Gasteiger partial charge >= 0.3 is 5.69 Å². The summed E-state index contributed by atoms with van der Waals surface area (Å²) >= 11 is 0. The highest BCUT2D eigenvalue weighted by atomic mass is 16.2. The van der Waals surface area contributed by atoms with Crippen molar-refractivity contribution >= 4 is 16.6 Å². The molecule has 0 aliphatic carbocycles. The Kier molecular flexibility index (Phi) is 6.18. The van der Waals surface area contributed by atoms with Gasteiger partial charge < -0.3 is 4.57 Å². The van der Waals surface area contributed by atoms with Gasteiger partial charge in [0.05, 0.1) is 6.54 Å². The van der Waals surface area contributed by atoms with Gasteiger partial charge in [-0.2, -0.15) is 5.10 Å². The van der Waals surface area contributed by atoms with E-state index in [2.05, 4.69) is 30.1 Å². The van der Waals surface area contributed by atoms with E-state index in [9.17, 15) is 9.59 Å². The Labute approximate surface area is 192 Å². The van der Waals surface area contributed by atoms with Gasteiger partial charge in [0.25, 0.3) is 5.56 Å². The summed E-state index contributed by atoms with van der Waals surface area (Å²) in [5, 5.41) is 5.26. The maximum absolute atomic E-state index is 13.4. The van der Waals surface area contributed by atoms with Gasteiger partial charge in [-0.3, -0.25) is 18.6 Å². The van der Waals surface area contributed by atoms with E-state index in [1.54, 1.807) is 10.8 Å². The Morgan fingerprint density at radius 1 is 1.12 bits per heavy atom. The Bertz CT molecular complexity index is 1430. The van der Waals surface area contributed by atoms with Crippen LogP contribution in [0.4, 0.5) is 0 Å². The Hall–Kier alpha value is -3.68. The molecule has 0 atom stereocenters. The number of allylic oxidation sites excluding steroid dienone is 2. The first-order valence-corrected chi connectivity index (χ1v) is 11.3. The quantitative estimate of drug-likeness (QED) is 0.436. The smallest absolute Gasteiger partial charge is 0.332 e. The van der Waals surface area contributed by atoms with Crippen molar-refractivity contribution in [3.05, 3.63) is 75.2 Å². The van der Waals surface area contributed by atoms with Gasteiger partial charge in [-0.25, -0.2) is 9.78 Å². The molecule has 0 N–H and O–H groups in total. The van der Waals surface area contributed by atoms with Crippen molar-refractivity contribution in [2.24, 2.45) is 20.0 Å². The molecule has 0 radical (unpaired) electrons. The summed E-state index contributed by atoms with van der Waals surface area (Å²) in [5.74, 6) is 0.846. The lowest BCUT2D eigenvalue weighted by Gasteiger charge is -2.12. The highest BCUT2D eigenvalue weighted by Crippen LogP contribution is 2.27. The van der Waals surface area contributed by atoms with Gasteiger partial charge in [-0.05, 0) is 23.5 Å². The summed E-state index contributed by atoms with van der Waals surface area (Å²) < 4.78 is 6.47. The molecule has 8 nitrogen and oxygen atoms in total. The van der Waals surface area contributed by atoms with Crippen molar-refractivity contribution in [2.75, 3.05) is 0 Å². The van der Waals surface area contributed by atoms with Crippen molar-refractivity contribution in [1.29, 1.82) is 0 Å². The second-order valence-electron chi connectivity index (χ2n) is 8.72. The summed E-state index contributed by atoms with van der Waals surface area (Å²) in [6.45, 7) is 7.10. The molecule has 3 heterocycles. The van der Waals surface area contributed by atoms with E-state index >= 15 is 0 Å². The lowest BCUT2D eigenvalue weighted by molar-refractivity contribution is 0.498. The molecular weight excluding hydrogens is 416 g/mol. The zero-order valence-corrected chi connectivity index (χ0v) is 19.8. The SMILES string of the molecule is CCC=C(Cn1nc2c(c1-c1nccn1C)c(=O)n(C)c(=O)n2CC(C)C)c1ccccc1. The van der Waals surface area contributed by atoms with Crippen LogP contribution in [0.5, 0.6) is 0 Å². The molecule has 172 valence electrons. The average Bonchev–Trinajstić information content (AvgIpc) is 3.38. The lowest BCUT2D eigenvalue weighted by Crippen LogP contribution is -2.38. The van der Waals surface area contributed by atoms with Crippen LogP contribution in [0.3, 0.4) is 0 Å². The third-order valence-electron chi connectivity index (χ3n) is 5.72. The first-order valence-electron chi connectivity index (χ1n) is 11.3. The maximum Gasteiger partial charge on any atom is 0.332 e. The van der Waals surface area contributed by atoms with Crippen LogP contribution in [0.25, 0.3) is 28.1 Å². The van der Waals surface area contributed by atoms with Crippen LogP contribution in [0.2, 0.25) is 0 Å². The molecule has 0 fully saturated rings. The number of benzene rings is 1. The second-order valence-corrected chi connectivity index (χ2v) is 8.72. The summed E-state index contributed by atoms with van der Waals surface area (Å²) in [4.78, 5) is 30.9. The van der Waals surface area contributed by atoms with Crippen molar-refractivity contribution in [3.8, 4) is 11.5 Å². The highest BCUT2D eigenvalue weighted by molar-refractivity contribution is 5.89. The number of imidazole rings is 1. The molecule has 0 unspecified atom stereocenters. The van der Waals surface area contributed by atoms with Crippen LogP contribution >= 0.6 is 0 Å². The number of aryl methyl sites for hydroxylation is 1. The van der Waals surface area contributed by atoms with Crippen LogP contribution < -0.4 is 11.2 Å². The van der Waals surface area contributed by atoms with Crippen molar-refractivity contribution in [3.63, 3.8) is 0 Å². The van der Waals surface area contributed by atoms with E-state index in [0.717, 1.165) is 17.6 Å². The predicted molar refractivity (Wildman–Crippen MR) is 131 cm³/mol. The minimum atomic E-state index is -0.361. The van der Waals surface area contributed by atoms with Gasteiger partial charge in [0.15, 0.2) is 11.5 Å². The minimum absolute atomic E-state index is 0.213. The number of hydrogen-bond acceptors (Lipinski definition) is 4. The molecule has 0 bridgehead atoms. The third-order valence-corrected chi connectivity index (χ3v) is 5.72. The number of aromatic nitrogens is 6. The normalized spacial score (nSPS) is 12.2. The first kappa shape index (κ1) is 22.5. The molecule has 8 heteroatoms. The van der Waals surface area contributed by atoms with E-state index < -0.39 is 0 Å². The molecular formula is C25H30N6O2. The molecule has 1 aromatic carbocycles. The fraction of sp³-hybridized carbons (Fsp3) is 0.360. The topological polar surface area (TPSA) is 79.6 Å². The largest absolute Gasteiger partial charge is 0.333 e. The van der Waals surface area contributed by atoms with Crippen molar-refractivity contribution in [1.82, 2.24) is 28.5 Å². The maximum atomic E-state index is 13.4. The molecule has 0 amide bonds. The molecule has 0 saturated heterocycles. The van der Waals surface area contributed by atoms with Crippen molar-refractivity contribution in [2.45, 2.75) is 40.3 Å². The molecule has 0 aliphatic rings. The summed E-state index contributed by atoms with van der Waals surface area (Å²) in [6, 6.07) is 10.1.